The van der Waals surface area contributed by atoms with E-state index in [1.54, 1.807) is 31.4 Å². The van der Waals surface area contributed by atoms with Gasteiger partial charge in [-0.05, 0) is 51.0 Å². The summed E-state index contributed by atoms with van der Waals surface area (Å²) in [5.74, 6) is 1.61. The topological polar surface area (TPSA) is 72.6 Å². The summed E-state index contributed by atoms with van der Waals surface area (Å²) in [6, 6.07) is 7.21. The summed E-state index contributed by atoms with van der Waals surface area (Å²) in [6.07, 6.45) is 1.69. The molecule has 0 bridgehead atoms. The summed E-state index contributed by atoms with van der Waals surface area (Å²) >= 11 is 0. The molecule has 0 atom stereocenters. The SMILES string of the molecule is COc1ccc(C(=O)C2CCN(C(=O)Cc3c(C)noc3C)CC2)cc1. The molecule has 26 heavy (non-hydrogen) atoms. The maximum atomic E-state index is 12.7. The first kappa shape index (κ1) is 18.2. The maximum Gasteiger partial charge on any atom is 0.227 e. The molecular formula is C20H24N2O4. The normalized spacial score (nSPS) is 15.1. The number of amides is 1. The lowest BCUT2D eigenvalue weighted by atomic mass is 9.88. The standard InChI is InChI=1S/C20H24N2O4/c1-13-18(14(2)26-21-13)12-19(23)22-10-8-16(9-11-22)20(24)15-4-6-17(25-3)7-5-15/h4-7,16H,8-12H2,1-3H3. The number of rotatable bonds is 5. The van der Waals surface area contributed by atoms with Crippen molar-refractivity contribution in [2.45, 2.75) is 33.1 Å². The first-order chi connectivity index (χ1) is 12.5. The van der Waals surface area contributed by atoms with E-state index in [0.717, 1.165) is 17.0 Å². The molecule has 1 saturated heterocycles. The summed E-state index contributed by atoms with van der Waals surface area (Å²) in [5.41, 5.74) is 2.33. The van der Waals surface area contributed by atoms with Crippen molar-refractivity contribution in [1.82, 2.24) is 10.1 Å². The molecular weight excluding hydrogens is 332 g/mol. The van der Waals surface area contributed by atoms with Gasteiger partial charge in [0.25, 0.3) is 0 Å². The number of hydrogen-bond donors (Lipinski definition) is 0. The fourth-order valence-electron chi connectivity index (χ4n) is 3.40. The van der Waals surface area contributed by atoms with Crippen LogP contribution in [0.15, 0.2) is 28.8 Å². The molecule has 6 nitrogen and oxygen atoms in total. The summed E-state index contributed by atoms with van der Waals surface area (Å²) in [6.45, 7) is 4.88. The number of methoxy groups -OCH3 is 1. The molecule has 0 aliphatic carbocycles. The van der Waals surface area contributed by atoms with Crippen LogP contribution in [0.2, 0.25) is 0 Å². The van der Waals surface area contributed by atoms with Crippen LogP contribution in [0.25, 0.3) is 0 Å². The van der Waals surface area contributed by atoms with Crippen LogP contribution < -0.4 is 4.74 Å². The van der Waals surface area contributed by atoms with Crippen LogP contribution in [0.5, 0.6) is 5.75 Å². The van der Waals surface area contributed by atoms with Crippen molar-refractivity contribution in [2.75, 3.05) is 20.2 Å². The van der Waals surface area contributed by atoms with E-state index in [9.17, 15) is 9.59 Å². The summed E-state index contributed by atoms with van der Waals surface area (Å²) in [4.78, 5) is 27.0. The van der Waals surface area contributed by atoms with Crippen molar-refractivity contribution in [3.63, 3.8) is 0 Å². The second kappa shape index (κ2) is 7.72. The molecule has 1 fully saturated rings. The molecule has 2 heterocycles. The van der Waals surface area contributed by atoms with E-state index in [2.05, 4.69) is 5.16 Å². The monoisotopic (exact) mass is 356 g/mol. The number of carbonyl (C=O) groups excluding carboxylic acids is 2. The molecule has 1 amide bonds. The Bertz CT molecular complexity index is 767. The van der Waals surface area contributed by atoms with E-state index in [-0.39, 0.29) is 17.6 Å². The van der Waals surface area contributed by atoms with Crippen molar-refractivity contribution in [3.8, 4) is 5.75 Å². The third-order valence-electron chi connectivity index (χ3n) is 5.10. The number of piperidine rings is 1. The summed E-state index contributed by atoms with van der Waals surface area (Å²) < 4.78 is 10.3. The number of ketones is 1. The Hall–Kier alpha value is -2.63. The number of ether oxygens (including phenoxy) is 1. The van der Waals surface area contributed by atoms with Crippen LogP contribution in [0.1, 0.15) is 40.2 Å². The van der Waals surface area contributed by atoms with Crippen molar-refractivity contribution >= 4 is 11.7 Å². The Morgan fingerprint density at radius 3 is 2.38 bits per heavy atom. The third kappa shape index (κ3) is 3.79. The molecule has 1 aliphatic heterocycles. The van der Waals surface area contributed by atoms with Crippen LogP contribution in [-0.2, 0) is 11.2 Å². The van der Waals surface area contributed by atoms with E-state index in [0.29, 0.717) is 43.7 Å². The zero-order chi connectivity index (χ0) is 18.7. The van der Waals surface area contributed by atoms with Gasteiger partial charge in [-0.25, -0.2) is 0 Å². The van der Waals surface area contributed by atoms with Gasteiger partial charge in [0.05, 0.1) is 19.2 Å². The van der Waals surface area contributed by atoms with Crippen LogP contribution in [0.3, 0.4) is 0 Å². The second-order valence-electron chi connectivity index (χ2n) is 6.73. The highest BCUT2D eigenvalue weighted by molar-refractivity contribution is 5.98. The predicted molar refractivity (Wildman–Crippen MR) is 96.3 cm³/mol. The van der Waals surface area contributed by atoms with Crippen LogP contribution in [0, 0.1) is 19.8 Å². The van der Waals surface area contributed by atoms with Gasteiger partial charge < -0.3 is 14.2 Å². The Morgan fingerprint density at radius 2 is 1.85 bits per heavy atom. The fraction of sp³-hybridized carbons (Fsp3) is 0.450. The molecule has 0 spiro atoms. The molecule has 0 unspecified atom stereocenters. The molecule has 1 aromatic heterocycles. The average Bonchev–Trinajstić information content (AvgIpc) is 2.99. The van der Waals surface area contributed by atoms with Gasteiger partial charge in [-0.15, -0.1) is 0 Å². The highest BCUT2D eigenvalue weighted by Gasteiger charge is 2.28. The van der Waals surface area contributed by atoms with E-state index in [1.165, 1.54) is 0 Å². The number of nitrogens with zero attached hydrogens (tertiary/aromatic N) is 2. The number of likely N-dealkylation sites (tertiary alicyclic amines) is 1. The molecule has 3 rings (SSSR count). The van der Waals surface area contributed by atoms with Crippen LogP contribution >= 0.6 is 0 Å². The predicted octanol–water partition coefficient (Wildman–Crippen LogP) is 2.96. The highest BCUT2D eigenvalue weighted by Crippen LogP contribution is 2.24. The Morgan fingerprint density at radius 1 is 1.19 bits per heavy atom. The van der Waals surface area contributed by atoms with Gasteiger partial charge in [-0.2, -0.15) is 0 Å². The van der Waals surface area contributed by atoms with E-state index in [1.807, 2.05) is 18.7 Å². The molecule has 0 N–H and O–H groups in total. The highest BCUT2D eigenvalue weighted by atomic mass is 16.5. The number of hydrogen-bond acceptors (Lipinski definition) is 5. The average molecular weight is 356 g/mol. The van der Waals surface area contributed by atoms with Gasteiger partial charge >= 0.3 is 0 Å². The van der Waals surface area contributed by atoms with Crippen LogP contribution in [-0.4, -0.2) is 41.9 Å². The zero-order valence-electron chi connectivity index (χ0n) is 15.4. The Kier molecular flexibility index (Phi) is 5.40. The first-order valence-corrected chi connectivity index (χ1v) is 8.87. The van der Waals surface area contributed by atoms with Crippen molar-refractivity contribution in [2.24, 2.45) is 5.92 Å². The number of carbonyl (C=O) groups is 2. The zero-order valence-corrected chi connectivity index (χ0v) is 15.4. The Labute approximate surface area is 153 Å². The lowest BCUT2D eigenvalue weighted by molar-refractivity contribution is -0.131. The van der Waals surface area contributed by atoms with Gasteiger partial charge in [0.1, 0.15) is 11.5 Å². The second-order valence-corrected chi connectivity index (χ2v) is 6.73. The van der Waals surface area contributed by atoms with Gasteiger partial charge in [0, 0.05) is 30.1 Å². The molecule has 1 aromatic carbocycles. The van der Waals surface area contributed by atoms with Gasteiger partial charge in [-0.3, -0.25) is 9.59 Å². The Balaban J connectivity index is 1.56. The maximum absolute atomic E-state index is 12.7. The van der Waals surface area contributed by atoms with Gasteiger partial charge in [0.2, 0.25) is 5.91 Å². The molecule has 0 radical (unpaired) electrons. The van der Waals surface area contributed by atoms with Crippen molar-refractivity contribution < 1.29 is 18.8 Å². The quantitative estimate of drug-likeness (QED) is 0.770. The molecule has 6 heteroatoms. The van der Waals surface area contributed by atoms with E-state index < -0.39 is 0 Å². The third-order valence-corrected chi connectivity index (χ3v) is 5.10. The first-order valence-electron chi connectivity index (χ1n) is 8.87. The largest absolute Gasteiger partial charge is 0.497 e. The lowest BCUT2D eigenvalue weighted by Crippen LogP contribution is -2.41. The minimum Gasteiger partial charge on any atom is -0.497 e. The molecule has 2 aromatic rings. The number of benzene rings is 1. The van der Waals surface area contributed by atoms with E-state index in [4.69, 9.17) is 9.26 Å². The lowest BCUT2D eigenvalue weighted by Gasteiger charge is -2.31. The fourth-order valence-corrected chi connectivity index (χ4v) is 3.40. The van der Waals surface area contributed by atoms with Crippen molar-refractivity contribution in [1.29, 1.82) is 0 Å². The van der Waals surface area contributed by atoms with Crippen LogP contribution in [0.4, 0.5) is 0 Å². The molecule has 0 saturated carbocycles. The number of aromatic nitrogens is 1. The molecule has 1 aliphatic rings. The minimum atomic E-state index is -0.0356. The number of Topliss-reactive ketones (excluding diaryl/α,β-unsaturated/α-hetero) is 1. The summed E-state index contributed by atoms with van der Waals surface area (Å²) in [5, 5.41) is 3.90. The van der Waals surface area contributed by atoms with Gasteiger partial charge in [-0.1, -0.05) is 5.16 Å². The van der Waals surface area contributed by atoms with Crippen molar-refractivity contribution in [3.05, 3.63) is 46.8 Å². The summed E-state index contributed by atoms with van der Waals surface area (Å²) in [7, 11) is 1.60. The van der Waals surface area contributed by atoms with Gasteiger partial charge in [0.15, 0.2) is 5.78 Å². The number of aryl methyl sites for hydroxylation is 2. The van der Waals surface area contributed by atoms with E-state index >= 15 is 0 Å². The smallest absolute Gasteiger partial charge is 0.227 e. The minimum absolute atomic E-state index is 0.0356. The molecule has 138 valence electrons.